The van der Waals surface area contributed by atoms with E-state index < -0.39 is 5.60 Å². The van der Waals surface area contributed by atoms with Gasteiger partial charge in [0.1, 0.15) is 0 Å². The third-order valence-corrected chi connectivity index (χ3v) is 2.93. The number of ether oxygens (including phenoxy) is 1. The zero-order chi connectivity index (χ0) is 10.0. The predicted octanol–water partition coefficient (Wildman–Crippen LogP) is 1.55. The third-order valence-electron chi connectivity index (χ3n) is 2.93. The van der Waals surface area contributed by atoms with Crippen molar-refractivity contribution in [3.63, 3.8) is 0 Å². The van der Waals surface area contributed by atoms with Crippen molar-refractivity contribution in [1.29, 1.82) is 0 Å². The standard InChI is InChI=1S/C12H16O2/c1-14-7-6-12(13)8-10-4-2-3-5-11(10)9-12/h2-5,13H,6-9H2,1H3. The number of hydrogen-bond donors (Lipinski definition) is 1. The largest absolute Gasteiger partial charge is 0.389 e. The molecule has 2 rings (SSSR count). The first kappa shape index (κ1) is 9.69. The number of rotatable bonds is 3. The predicted molar refractivity (Wildman–Crippen MR) is 55.3 cm³/mol. The van der Waals surface area contributed by atoms with Crippen LogP contribution < -0.4 is 0 Å². The van der Waals surface area contributed by atoms with Gasteiger partial charge in [-0.3, -0.25) is 0 Å². The lowest BCUT2D eigenvalue weighted by Crippen LogP contribution is -2.30. The maximum absolute atomic E-state index is 10.3. The van der Waals surface area contributed by atoms with Crippen LogP contribution in [0, 0.1) is 0 Å². The molecule has 14 heavy (non-hydrogen) atoms. The Labute approximate surface area is 84.5 Å². The van der Waals surface area contributed by atoms with Gasteiger partial charge >= 0.3 is 0 Å². The Bertz CT molecular complexity index is 295. The number of aliphatic hydroxyl groups is 1. The summed E-state index contributed by atoms with van der Waals surface area (Å²) in [4.78, 5) is 0. The van der Waals surface area contributed by atoms with E-state index in [2.05, 4.69) is 12.1 Å². The molecular formula is C12H16O2. The molecule has 1 aromatic carbocycles. The van der Waals surface area contributed by atoms with Crippen LogP contribution in [0.1, 0.15) is 17.5 Å². The van der Waals surface area contributed by atoms with E-state index in [0.29, 0.717) is 6.61 Å². The zero-order valence-corrected chi connectivity index (χ0v) is 8.49. The molecule has 0 bridgehead atoms. The fourth-order valence-corrected chi connectivity index (χ4v) is 2.14. The zero-order valence-electron chi connectivity index (χ0n) is 8.49. The van der Waals surface area contributed by atoms with E-state index in [-0.39, 0.29) is 0 Å². The summed E-state index contributed by atoms with van der Waals surface area (Å²) >= 11 is 0. The highest BCUT2D eigenvalue weighted by Crippen LogP contribution is 2.32. The molecule has 1 aromatic rings. The van der Waals surface area contributed by atoms with Crippen molar-refractivity contribution in [3.05, 3.63) is 35.4 Å². The lowest BCUT2D eigenvalue weighted by molar-refractivity contribution is 0.0174. The highest BCUT2D eigenvalue weighted by atomic mass is 16.5. The summed E-state index contributed by atoms with van der Waals surface area (Å²) in [6.45, 7) is 0.629. The molecule has 1 aliphatic rings. The van der Waals surface area contributed by atoms with Gasteiger partial charge in [-0.15, -0.1) is 0 Å². The van der Waals surface area contributed by atoms with Gasteiger partial charge in [-0.25, -0.2) is 0 Å². The maximum Gasteiger partial charge on any atom is 0.0750 e. The van der Waals surface area contributed by atoms with Crippen molar-refractivity contribution in [3.8, 4) is 0 Å². The molecule has 76 valence electrons. The molecule has 2 heteroatoms. The third kappa shape index (κ3) is 1.81. The van der Waals surface area contributed by atoms with Gasteiger partial charge in [-0.05, 0) is 11.1 Å². The van der Waals surface area contributed by atoms with Crippen molar-refractivity contribution in [1.82, 2.24) is 0 Å². The quantitative estimate of drug-likeness (QED) is 0.787. The number of fused-ring (bicyclic) bond motifs is 1. The lowest BCUT2D eigenvalue weighted by Gasteiger charge is -2.21. The smallest absolute Gasteiger partial charge is 0.0750 e. The fourth-order valence-electron chi connectivity index (χ4n) is 2.14. The Morgan fingerprint density at radius 3 is 2.36 bits per heavy atom. The van der Waals surface area contributed by atoms with Gasteiger partial charge in [0.05, 0.1) is 5.60 Å². The van der Waals surface area contributed by atoms with Crippen molar-refractivity contribution in [2.45, 2.75) is 24.9 Å². The van der Waals surface area contributed by atoms with E-state index in [1.807, 2.05) is 12.1 Å². The first-order valence-corrected chi connectivity index (χ1v) is 5.02. The number of methoxy groups -OCH3 is 1. The Morgan fingerprint density at radius 1 is 1.29 bits per heavy atom. The fraction of sp³-hybridized carbons (Fsp3) is 0.500. The minimum Gasteiger partial charge on any atom is -0.389 e. The molecule has 0 atom stereocenters. The van der Waals surface area contributed by atoms with Gasteiger partial charge in [-0.2, -0.15) is 0 Å². The molecule has 1 N–H and O–H groups in total. The van der Waals surface area contributed by atoms with Gasteiger partial charge < -0.3 is 9.84 Å². The van der Waals surface area contributed by atoms with Crippen LogP contribution in [0.4, 0.5) is 0 Å². The van der Waals surface area contributed by atoms with Gasteiger partial charge in [0.2, 0.25) is 0 Å². The van der Waals surface area contributed by atoms with Crippen molar-refractivity contribution >= 4 is 0 Å². The second-order valence-corrected chi connectivity index (χ2v) is 4.09. The molecule has 0 saturated heterocycles. The van der Waals surface area contributed by atoms with E-state index in [9.17, 15) is 5.11 Å². The summed E-state index contributed by atoms with van der Waals surface area (Å²) in [6.07, 6.45) is 2.26. The van der Waals surface area contributed by atoms with Gasteiger partial charge in [0.15, 0.2) is 0 Å². The Balaban J connectivity index is 2.09. The van der Waals surface area contributed by atoms with Crippen LogP contribution in [0.2, 0.25) is 0 Å². The molecule has 1 aliphatic carbocycles. The van der Waals surface area contributed by atoms with Gasteiger partial charge in [0.25, 0.3) is 0 Å². The van der Waals surface area contributed by atoms with Crippen molar-refractivity contribution < 1.29 is 9.84 Å². The Hall–Kier alpha value is -0.860. The molecule has 0 aliphatic heterocycles. The SMILES string of the molecule is COCCC1(O)Cc2ccccc2C1. The molecular weight excluding hydrogens is 176 g/mol. The van der Waals surface area contributed by atoms with Crippen LogP contribution in [0.3, 0.4) is 0 Å². The molecule has 0 amide bonds. The van der Waals surface area contributed by atoms with Crippen LogP contribution in [0.15, 0.2) is 24.3 Å². The average molecular weight is 192 g/mol. The molecule has 0 spiro atoms. The molecule has 0 fully saturated rings. The number of hydrogen-bond acceptors (Lipinski definition) is 2. The van der Waals surface area contributed by atoms with Crippen molar-refractivity contribution in [2.75, 3.05) is 13.7 Å². The summed E-state index contributed by atoms with van der Waals surface area (Å²) in [7, 11) is 1.67. The summed E-state index contributed by atoms with van der Waals surface area (Å²) in [5, 5.41) is 10.3. The first-order valence-electron chi connectivity index (χ1n) is 5.02. The minimum absolute atomic E-state index is 0.570. The van der Waals surface area contributed by atoms with Gasteiger partial charge in [-0.1, -0.05) is 24.3 Å². The van der Waals surface area contributed by atoms with Crippen LogP contribution in [-0.2, 0) is 17.6 Å². The van der Waals surface area contributed by atoms with E-state index in [4.69, 9.17) is 4.74 Å². The highest BCUT2D eigenvalue weighted by Gasteiger charge is 2.34. The molecule has 0 saturated carbocycles. The van der Waals surface area contributed by atoms with Crippen LogP contribution in [-0.4, -0.2) is 24.4 Å². The minimum atomic E-state index is -0.570. The lowest BCUT2D eigenvalue weighted by atomic mass is 9.97. The summed E-state index contributed by atoms with van der Waals surface area (Å²) in [5.74, 6) is 0. The van der Waals surface area contributed by atoms with E-state index in [1.165, 1.54) is 11.1 Å². The number of benzene rings is 1. The molecule has 0 unspecified atom stereocenters. The second kappa shape index (κ2) is 3.71. The van der Waals surface area contributed by atoms with Crippen LogP contribution >= 0.6 is 0 Å². The Kier molecular flexibility index (Phi) is 2.57. The highest BCUT2D eigenvalue weighted by molar-refractivity contribution is 5.35. The molecule has 2 nitrogen and oxygen atoms in total. The maximum atomic E-state index is 10.3. The van der Waals surface area contributed by atoms with Crippen molar-refractivity contribution in [2.24, 2.45) is 0 Å². The van der Waals surface area contributed by atoms with Crippen LogP contribution in [0.25, 0.3) is 0 Å². The molecule has 0 aromatic heterocycles. The summed E-state index contributed by atoms with van der Waals surface area (Å²) < 4.78 is 5.01. The van der Waals surface area contributed by atoms with Crippen LogP contribution in [0.5, 0.6) is 0 Å². The van der Waals surface area contributed by atoms with E-state index in [1.54, 1.807) is 7.11 Å². The second-order valence-electron chi connectivity index (χ2n) is 4.09. The Morgan fingerprint density at radius 2 is 1.86 bits per heavy atom. The molecule has 0 heterocycles. The molecule has 0 radical (unpaired) electrons. The monoisotopic (exact) mass is 192 g/mol. The van der Waals surface area contributed by atoms with Gasteiger partial charge in [0, 0.05) is 33.0 Å². The topological polar surface area (TPSA) is 29.5 Å². The first-order chi connectivity index (χ1) is 6.73. The van der Waals surface area contributed by atoms with E-state index >= 15 is 0 Å². The average Bonchev–Trinajstić information content (AvgIpc) is 2.51. The summed E-state index contributed by atoms with van der Waals surface area (Å²) in [5.41, 5.74) is 2.00. The van der Waals surface area contributed by atoms with E-state index in [0.717, 1.165) is 19.3 Å². The summed E-state index contributed by atoms with van der Waals surface area (Å²) in [6, 6.07) is 8.25. The normalized spacial score (nSPS) is 18.1.